The van der Waals surface area contributed by atoms with Crippen LogP contribution in [0.1, 0.15) is 59.6 Å². The lowest BCUT2D eigenvalue weighted by molar-refractivity contribution is -0.0669. The van der Waals surface area contributed by atoms with Crippen molar-refractivity contribution < 1.29 is 24.0 Å². The van der Waals surface area contributed by atoms with Gasteiger partial charge in [-0.3, -0.25) is 9.13 Å². The second-order valence-electron chi connectivity index (χ2n) is 8.27. The first kappa shape index (κ1) is 25.4. The van der Waals surface area contributed by atoms with Crippen LogP contribution in [0.15, 0.2) is 11.4 Å². The molecule has 6 atom stereocenters. The first-order valence-electron chi connectivity index (χ1n) is 11.0. The van der Waals surface area contributed by atoms with E-state index in [-0.39, 0.29) is 35.0 Å². The van der Waals surface area contributed by atoms with Crippen molar-refractivity contribution >= 4 is 31.0 Å². The number of imidazole rings is 1. The number of nitrogens with two attached hydrogens (primary N) is 1. The summed E-state index contributed by atoms with van der Waals surface area (Å²) in [4.78, 5) is 15.0. The third-order valence-electron chi connectivity index (χ3n) is 6.41. The highest BCUT2D eigenvalue weighted by Gasteiger charge is 2.48. The number of azide groups is 1. The van der Waals surface area contributed by atoms with Gasteiger partial charge < -0.3 is 25.2 Å². The van der Waals surface area contributed by atoms with E-state index >= 15 is 0 Å². The molecule has 2 aromatic heterocycles. The summed E-state index contributed by atoms with van der Waals surface area (Å²) in [5.74, 6) is -0.0656. The normalized spacial score (nSPS) is 25.2. The third-order valence-corrected chi connectivity index (χ3v) is 8.25. The Bertz CT molecular complexity index is 1050. The Balaban J connectivity index is 1.94. The maximum atomic E-state index is 12.7. The molecule has 0 saturated carbocycles. The van der Waals surface area contributed by atoms with Crippen molar-refractivity contribution in [3.05, 3.63) is 16.8 Å². The first-order valence-corrected chi connectivity index (χ1v) is 12.4. The summed E-state index contributed by atoms with van der Waals surface area (Å²) in [5, 5.41) is 25.2. The van der Waals surface area contributed by atoms with E-state index < -0.39 is 38.2 Å². The molecule has 14 heteroatoms. The van der Waals surface area contributed by atoms with E-state index in [2.05, 4.69) is 25.0 Å². The Labute approximate surface area is 191 Å². The van der Waals surface area contributed by atoms with Crippen LogP contribution in [-0.4, -0.2) is 59.3 Å². The zero-order chi connectivity index (χ0) is 24.3. The number of anilines is 1. The lowest BCUT2D eigenvalue weighted by atomic mass is 9.88. The molecular formula is C19H31N8O5P. The molecular weight excluding hydrogens is 451 g/mol. The van der Waals surface area contributed by atoms with Crippen molar-refractivity contribution in [1.29, 1.82) is 0 Å². The van der Waals surface area contributed by atoms with Gasteiger partial charge in [-0.1, -0.05) is 27.7 Å². The molecule has 13 nitrogen and oxygen atoms in total. The van der Waals surface area contributed by atoms with Gasteiger partial charge in [0.1, 0.15) is 18.5 Å². The number of hydrogen-bond acceptors (Lipinski definition) is 10. The summed E-state index contributed by atoms with van der Waals surface area (Å²) in [5.41, 5.74) is 14.3. The van der Waals surface area contributed by atoms with Crippen molar-refractivity contribution in [2.24, 2.45) is 5.11 Å². The van der Waals surface area contributed by atoms with Crippen LogP contribution in [0.25, 0.3) is 21.6 Å². The minimum absolute atomic E-state index is 0.0669. The van der Waals surface area contributed by atoms with Crippen LogP contribution in [0.2, 0.25) is 0 Å². The van der Waals surface area contributed by atoms with Crippen LogP contribution in [0, 0.1) is 0 Å². The molecule has 0 radical (unpaired) electrons. The van der Waals surface area contributed by atoms with Crippen LogP contribution in [-0.2, 0) is 13.8 Å². The number of fused-ring (bicyclic) bond motifs is 1. The van der Waals surface area contributed by atoms with Gasteiger partial charge in [0, 0.05) is 17.0 Å². The zero-order valence-corrected chi connectivity index (χ0v) is 20.1. The van der Waals surface area contributed by atoms with E-state index in [0.717, 1.165) is 6.42 Å². The molecule has 2 aromatic rings. The highest BCUT2D eigenvalue weighted by atomic mass is 31.1. The first-order chi connectivity index (χ1) is 15.7. The van der Waals surface area contributed by atoms with Gasteiger partial charge in [0.2, 0.25) is 5.95 Å². The quantitative estimate of drug-likeness (QED) is 0.197. The molecule has 0 amide bonds. The minimum Gasteiger partial charge on any atom is -0.388 e. The molecule has 1 aliphatic heterocycles. The average Bonchev–Trinajstić information content (AvgIpc) is 3.31. The second kappa shape index (κ2) is 10.3. The topological polar surface area (TPSA) is 194 Å². The Morgan fingerprint density at radius 3 is 2.67 bits per heavy atom. The molecule has 1 saturated heterocycles. The number of ether oxygens (including phenoxy) is 1. The Hall–Kier alpha value is -2.27. The fourth-order valence-corrected chi connectivity index (χ4v) is 5.28. The van der Waals surface area contributed by atoms with Crippen LogP contribution in [0.3, 0.4) is 0 Å². The van der Waals surface area contributed by atoms with Gasteiger partial charge in [-0.2, -0.15) is 0 Å². The summed E-state index contributed by atoms with van der Waals surface area (Å²) >= 11 is 0. The van der Waals surface area contributed by atoms with E-state index in [4.69, 9.17) is 20.5 Å². The number of nitrogen functional groups attached to an aromatic ring is 1. The smallest absolute Gasteiger partial charge is 0.201 e. The molecule has 0 aliphatic carbocycles. The third kappa shape index (κ3) is 4.84. The van der Waals surface area contributed by atoms with Crippen LogP contribution in [0.5, 0.6) is 0 Å². The summed E-state index contributed by atoms with van der Waals surface area (Å²) in [6.07, 6.45) is -1.41. The van der Waals surface area contributed by atoms with E-state index in [0.29, 0.717) is 12.8 Å². The number of nitrogens with zero attached hydrogens (tertiary/aromatic N) is 7. The second-order valence-corrected chi connectivity index (χ2v) is 10.1. The Kier molecular flexibility index (Phi) is 7.94. The van der Waals surface area contributed by atoms with E-state index in [1.807, 2.05) is 27.7 Å². The standard InChI is InChI=1S/C19H31N8O5P/c1-5-10(4)33(30)32-19(6-2,7-3)8-11-13(28)14(29)17(31-11)27-16-12(15(20)22-9-23-16)24-18(27)25-26-21/h9-11,13-14,17,28-29,33H,5-8H2,1-4H3,(H2,20,22,23)/t10-,11-,13-,14-,17?/m1/s1. The van der Waals surface area contributed by atoms with Crippen molar-refractivity contribution in [2.45, 2.75) is 89.2 Å². The SMILES string of the molecule is CC[C@@H](C)[PH](=O)OC(CC)(CC)C[C@H]1OC(n2c(N=[N+]=[N-])nc3c(N)ncnc32)[C@H](O)[C@@H]1O. The predicted molar refractivity (Wildman–Crippen MR) is 122 cm³/mol. The fraction of sp³-hybridized carbons (Fsp3) is 0.737. The number of hydrogen-bond donors (Lipinski definition) is 3. The fourth-order valence-electron chi connectivity index (χ4n) is 3.94. The van der Waals surface area contributed by atoms with Crippen molar-refractivity contribution in [3.63, 3.8) is 0 Å². The lowest BCUT2D eigenvalue weighted by Crippen LogP contribution is -2.39. The number of aliphatic hydroxyl groups is 2. The summed E-state index contributed by atoms with van der Waals surface area (Å²) in [6.45, 7) is 7.68. The van der Waals surface area contributed by atoms with Gasteiger partial charge in [-0.25, -0.2) is 15.0 Å². The average molecular weight is 482 g/mol. The molecule has 33 heavy (non-hydrogen) atoms. The summed E-state index contributed by atoms with van der Waals surface area (Å²) in [6, 6.07) is 0. The van der Waals surface area contributed by atoms with Crippen LogP contribution < -0.4 is 5.73 Å². The molecule has 0 spiro atoms. The predicted octanol–water partition coefficient (Wildman–Crippen LogP) is 3.21. The zero-order valence-electron chi connectivity index (χ0n) is 19.1. The molecule has 1 fully saturated rings. The highest BCUT2D eigenvalue weighted by Crippen LogP contribution is 2.45. The van der Waals surface area contributed by atoms with Crippen LogP contribution in [0.4, 0.5) is 11.8 Å². The lowest BCUT2D eigenvalue weighted by Gasteiger charge is -2.35. The highest BCUT2D eigenvalue weighted by molar-refractivity contribution is 7.40. The van der Waals surface area contributed by atoms with Gasteiger partial charge in [0.05, 0.1) is 11.7 Å². The monoisotopic (exact) mass is 482 g/mol. The molecule has 2 unspecified atom stereocenters. The molecule has 0 aromatic carbocycles. The number of aromatic nitrogens is 4. The van der Waals surface area contributed by atoms with Crippen molar-refractivity contribution in [3.8, 4) is 0 Å². The molecule has 0 bridgehead atoms. The van der Waals surface area contributed by atoms with Gasteiger partial charge >= 0.3 is 0 Å². The Morgan fingerprint density at radius 2 is 2.06 bits per heavy atom. The van der Waals surface area contributed by atoms with Gasteiger partial charge in [0.25, 0.3) is 0 Å². The molecule has 182 valence electrons. The van der Waals surface area contributed by atoms with Crippen molar-refractivity contribution in [2.75, 3.05) is 5.73 Å². The Morgan fingerprint density at radius 1 is 1.36 bits per heavy atom. The minimum atomic E-state index is -2.32. The largest absolute Gasteiger partial charge is 0.388 e. The summed E-state index contributed by atoms with van der Waals surface area (Å²) in [7, 11) is -2.32. The van der Waals surface area contributed by atoms with E-state index in [1.54, 1.807) is 0 Å². The molecule has 4 N–H and O–H groups in total. The molecule has 1 aliphatic rings. The maximum Gasteiger partial charge on any atom is 0.201 e. The maximum absolute atomic E-state index is 12.7. The van der Waals surface area contributed by atoms with Crippen molar-refractivity contribution in [1.82, 2.24) is 19.5 Å². The van der Waals surface area contributed by atoms with Gasteiger partial charge in [-0.15, -0.1) is 0 Å². The molecule has 3 rings (SSSR count). The van der Waals surface area contributed by atoms with E-state index in [9.17, 15) is 14.8 Å². The van der Waals surface area contributed by atoms with E-state index in [1.165, 1.54) is 10.9 Å². The van der Waals surface area contributed by atoms with Gasteiger partial charge in [0.15, 0.2) is 31.2 Å². The number of aliphatic hydroxyl groups excluding tert-OH is 2. The summed E-state index contributed by atoms with van der Waals surface area (Å²) < 4.78 is 26.1. The van der Waals surface area contributed by atoms with Gasteiger partial charge in [-0.05, 0) is 29.9 Å². The number of rotatable bonds is 10. The van der Waals surface area contributed by atoms with Crippen LogP contribution >= 0.6 is 8.03 Å². The molecule has 3 heterocycles.